The first kappa shape index (κ1) is 18.4. The van der Waals surface area contributed by atoms with Crippen molar-refractivity contribution in [2.75, 3.05) is 44.8 Å². The first-order valence-corrected chi connectivity index (χ1v) is 10.4. The van der Waals surface area contributed by atoms with Crippen LogP contribution in [0.25, 0.3) is 16.8 Å². The molecule has 0 amide bonds. The van der Waals surface area contributed by atoms with Crippen LogP contribution < -0.4 is 10.1 Å². The van der Waals surface area contributed by atoms with Gasteiger partial charge in [-0.2, -0.15) is 5.10 Å². The number of aromatic nitrogens is 3. The van der Waals surface area contributed by atoms with Gasteiger partial charge in [0.05, 0.1) is 6.20 Å². The lowest BCUT2D eigenvalue weighted by atomic mass is 10.1. The lowest BCUT2D eigenvalue weighted by Gasteiger charge is -2.34. The van der Waals surface area contributed by atoms with Crippen molar-refractivity contribution >= 4 is 11.5 Å². The van der Waals surface area contributed by atoms with E-state index in [1.54, 1.807) is 0 Å². The fraction of sp³-hybridized carbons (Fsp3) is 0.455. The number of rotatable bonds is 1. The maximum Gasteiger partial charge on any atom is 0.165 e. The molecule has 0 atom stereocenters. The van der Waals surface area contributed by atoms with E-state index in [4.69, 9.17) is 14.5 Å². The summed E-state index contributed by atoms with van der Waals surface area (Å²) in [6, 6.07) is 8.88. The van der Waals surface area contributed by atoms with Crippen LogP contribution in [-0.2, 0) is 4.74 Å². The predicted octanol–water partition coefficient (Wildman–Crippen LogP) is 2.99. The van der Waals surface area contributed by atoms with Crippen LogP contribution in [0.5, 0.6) is 5.75 Å². The molecule has 152 valence electrons. The molecule has 29 heavy (non-hydrogen) atoms. The summed E-state index contributed by atoms with van der Waals surface area (Å²) < 4.78 is 13.6. The Labute approximate surface area is 170 Å². The molecule has 0 radical (unpaired) electrons. The fourth-order valence-corrected chi connectivity index (χ4v) is 4.29. The molecule has 7 heteroatoms. The van der Waals surface area contributed by atoms with E-state index in [-0.39, 0.29) is 0 Å². The Morgan fingerprint density at radius 2 is 2.00 bits per heavy atom. The molecule has 7 nitrogen and oxygen atoms in total. The summed E-state index contributed by atoms with van der Waals surface area (Å²) in [5, 5.41) is 7.97. The first-order valence-electron chi connectivity index (χ1n) is 10.4. The van der Waals surface area contributed by atoms with Gasteiger partial charge in [-0.1, -0.05) is 6.07 Å². The van der Waals surface area contributed by atoms with Crippen LogP contribution in [0, 0.1) is 6.92 Å². The highest BCUT2D eigenvalue weighted by atomic mass is 16.5. The average molecular weight is 393 g/mol. The lowest BCUT2D eigenvalue weighted by Crippen LogP contribution is -2.43. The van der Waals surface area contributed by atoms with Gasteiger partial charge in [0, 0.05) is 50.7 Å². The van der Waals surface area contributed by atoms with Crippen LogP contribution in [0.1, 0.15) is 18.4 Å². The highest BCUT2D eigenvalue weighted by Gasteiger charge is 2.21. The van der Waals surface area contributed by atoms with E-state index in [1.165, 1.54) is 5.56 Å². The van der Waals surface area contributed by atoms with Gasteiger partial charge in [-0.05, 0) is 49.1 Å². The zero-order chi connectivity index (χ0) is 19.6. The lowest BCUT2D eigenvalue weighted by molar-refractivity contribution is 0.0309. The fourth-order valence-electron chi connectivity index (χ4n) is 4.29. The maximum atomic E-state index is 6.18. The van der Waals surface area contributed by atoms with Crippen molar-refractivity contribution in [3.8, 4) is 16.9 Å². The summed E-state index contributed by atoms with van der Waals surface area (Å²) in [5.41, 5.74) is 4.12. The predicted molar refractivity (Wildman–Crippen MR) is 113 cm³/mol. The summed E-state index contributed by atoms with van der Waals surface area (Å²) in [4.78, 5) is 7.36. The molecule has 1 saturated heterocycles. The van der Waals surface area contributed by atoms with E-state index in [2.05, 4.69) is 40.4 Å². The molecule has 0 aliphatic carbocycles. The number of nitrogens with one attached hydrogen (secondary N) is 1. The van der Waals surface area contributed by atoms with Gasteiger partial charge in [0.15, 0.2) is 5.65 Å². The molecular formula is C22H27N5O2. The average Bonchev–Trinajstić information content (AvgIpc) is 3.16. The third kappa shape index (κ3) is 3.93. The highest BCUT2D eigenvalue weighted by Crippen LogP contribution is 2.29. The zero-order valence-corrected chi connectivity index (χ0v) is 16.8. The standard InChI is InChI=1S/C22H27N5O2/c1-16-12-17-14-19(13-16)29-11-8-26(18-3-9-28-10-4-18)7-5-23-21-2-6-27-22(25-21)20(17)15-24-27/h2,6,12-15,18H,3-5,7-11H2,1H3,(H,23,25). The third-order valence-corrected chi connectivity index (χ3v) is 5.79. The molecule has 1 N–H and O–H groups in total. The second kappa shape index (κ2) is 8.00. The Balaban J connectivity index is 1.50. The second-order valence-electron chi connectivity index (χ2n) is 7.83. The molecule has 0 unspecified atom stereocenters. The highest BCUT2D eigenvalue weighted by molar-refractivity contribution is 5.78. The van der Waals surface area contributed by atoms with Crippen molar-refractivity contribution in [3.05, 3.63) is 42.2 Å². The molecule has 0 saturated carbocycles. The molecule has 4 bridgehead atoms. The van der Waals surface area contributed by atoms with Crippen molar-refractivity contribution in [2.24, 2.45) is 0 Å². The molecule has 1 fully saturated rings. The Bertz CT molecular complexity index is 996. The van der Waals surface area contributed by atoms with Crippen molar-refractivity contribution < 1.29 is 9.47 Å². The van der Waals surface area contributed by atoms with Gasteiger partial charge < -0.3 is 14.8 Å². The van der Waals surface area contributed by atoms with Crippen molar-refractivity contribution in [1.82, 2.24) is 19.5 Å². The molecule has 2 aromatic heterocycles. The van der Waals surface area contributed by atoms with E-state index in [1.807, 2.05) is 23.0 Å². The minimum Gasteiger partial charge on any atom is -0.492 e. The number of hydrogen-bond acceptors (Lipinski definition) is 6. The third-order valence-electron chi connectivity index (χ3n) is 5.79. The van der Waals surface area contributed by atoms with Gasteiger partial charge in [-0.25, -0.2) is 9.50 Å². The SMILES string of the molecule is Cc1cc2cc(c1)-c1cnn3ccc(nc13)NCCN(C1CCOCC1)CCO2. The van der Waals surface area contributed by atoms with E-state index >= 15 is 0 Å². The summed E-state index contributed by atoms with van der Waals surface area (Å²) in [7, 11) is 0. The number of ether oxygens (including phenoxy) is 2. The van der Waals surface area contributed by atoms with E-state index < -0.39 is 0 Å². The van der Waals surface area contributed by atoms with Crippen molar-refractivity contribution in [3.63, 3.8) is 0 Å². The smallest absolute Gasteiger partial charge is 0.165 e. The van der Waals surface area contributed by atoms with Gasteiger partial charge in [-0.3, -0.25) is 4.90 Å². The van der Waals surface area contributed by atoms with Crippen molar-refractivity contribution in [2.45, 2.75) is 25.8 Å². The minimum absolute atomic E-state index is 0.548. The zero-order valence-electron chi connectivity index (χ0n) is 16.8. The van der Waals surface area contributed by atoms with Crippen LogP contribution in [0.4, 0.5) is 5.82 Å². The summed E-state index contributed by atoms with van der Waals surface area (Å²) in [6.07, 6.45) is 6.00. The molecule has 3 aromatic rings. The normalized spacial score (nSPS) is 18.9. The first-order chi connectivity index (χ1) is 14.3. The van der Waals surface area contributed by atoms with Gasteiger partial charge in [0.25, 0.3) is 0 Å². The van der Waals surface area contributed by atoms with Crippen LogP contribution in [-0.4, -0.2) is 65.0 Å². The molecule has 4 heterocycles. The monoisotopic (exact) mass is 393 g/mol. The van der Waals surface area contributed by atoms with E-state index in [0.29, 0.717) is 12.6 Å². The Morgan fingerprint density at radius 3 is 2.90 bits per heavy atom. The summed E-state index contributed by atoms with van der Waals surface area (Å²) >= 11 is 0. The maximum absolute atomic E-state index is 6.18. The quantitative estimate of drug-likeness (QED) is 0.686. The molecule has 1 aromatic carbocycles. The number of benzene rings is 1. The molecule has 2 aliphatic rings. The van der Waals surface area contributed by atoms with Gasteiger partial charge in [0.1, 0.15) is 18.2 Å². The number of nitrogens with zero attached hydrogens (tertiary/aromatic N) is 4. The summed E-state index contributed by atoms with van der Waals surface area (Å²) in [6.45, 7) is 7.16. The number of anilines is 1. The topological polar surface area (TPSA) is 63.9 Å². The molecule has 0 spiro atoms. The van der Waals surface area contributed by atoms with Gasteiger partial charge in [0.2, 0.25) is 0 Å². The van der Waals surface area contributed by atoms with Gasteiger partial charge in [-0.15, -0.1) is 0 Å². The Kier molecular flexibility index (Phi) is 5.08. The molecular weight excluding hydrogens is 366 g/mol. The Morgan fingerprint density at radius 1 is 1.10 bits per heavy atom. The van der Waals surface area contributed by atoms with Crippen LogP contribution in [0.2, 0.25) is 0 Å². The molecule has 2 aliphatic heterocycles. The van der Waals surface area contributed by atoms with Gasteiger partial charge >= 0.3 is 0 Å². The van der Waals surface area contributed by atoms with Crippen LogP contribution >= 0.6 is 0 Å². The summed E-state index contributed by atoms with van der Waals surface area (Å²) in [5.74, 6) is 1.78. The van der Waals surface area contributed by atoms with E-state index in [9.17, 15) is 0 Å². The number of fused-ring (bicyclic) bond motifs is 4. The Hall–Kier alpha value is -2.64. The van der Waals surface area contributed by atoms with E-state index in [0.717, 1.165) is 74.0 Å². The minimum atomic E-state index is 0.548. The number of aryl methyl sites for hydroxylation is 1. The van der Waals surface area contributed by atoms with Crippen molar-refractivity contribution in [1.29, 1.82) is 0 Å². The van der Waals surface area contributed by atoms with Crippen LogP contribution in [0.15, 0.2) is 36.7 Å². The largest absolute Gasteiger partial charge is 0.492 e. The molecule has 5 rings (SSSR count). The van der Waals surface area contributed by atoms with Crippen LogP contribution in [0.3, 0.4) is 0 Å². The second-order valence-corrected chi connectivity index (χ2v) is 7.83. The number of hydrogen-bond donors (Lipinski definition) is 1.